The van der Waals surface area contributed by atoms with E-state index >= 15 is 0 Å². The molecular weight excluding hydrogens is 301 g/mol. The van der Waals surface area contributed by atoms with Crippen LogP contribution < -0.4 is 21.1 Å². The largest absolute Gasteiger partial charge is 0.494 e. The average Bonchev–Trinajstić information content (AvgIpc) is 2.56. The van der Waals surface area contributed by atoms with Crippen LogP contribution in [0.1, 0.15) is 10.4 Å². The molecule has 0 saturated heterocycles. The lowest BCUT2D eigenvalue weighted by atomic mass is 10.2. The summed E-state index contributed by atoms with van der Waals surface area (Å²) in [6.07, 6.45) is 0. The topological polar surface area (TPSA) is 93.4 Å². The van der Waals surface area contributed by atoms with Gasteiger partial charge in [-0.1, -0.05) is 12.1 Å². The fourth-order valence-electron chi connectivity index (χ4n) is 1.92. The Morgan fingerprint density at radius 2 is 1.91 bits per heavy atom. The van der Waals surface area contributed by atoms with Crippen LogP contribution in [-0.4, -0.2) is 25.5 Å². The summed E-state index contributed by atoms with van der Waals surface area (Å²) in [7, 11) is 1.42. The lowest BCUT2D eigenvalue weighted by Gasteiger charge is -2.12. The molecule has 0 aliphatic heterocycles. The predicted molar refractivity (Wildman–Crippen MR) is 85.0 cm³/mol. The molecule has 7 heteroatoms. The number of nitrogens with one attached hydrogen (secondary N) is 2. The Hall–Kier alpha value is -2.93. The molecule has 0 fully saturated rings. The average molecular weight is 317 g/mol. The maximum absolute atomic E-state index is 13.6. The minimum atomic E-state index is -0.615. The van der Waals surface area contributed by atoms with Gasteiger partial charge in [-0.15, -0.1) is 0 Å². The van der Waals surface area contributed by atoms with Gasteiger partial charge in [0, 0.05) is 11.8 Å². The summed E-state index contributed by atoms with van der Waals surface area (Å²) < 4.78 is 18.8. The summed E-state index contributed by atoms with van der Waals surface area (Å²) >= 11 is 0. The molecule has 0 atom stereocenters. The first kappa shape index (κ1) is 16.4. The van der Waals surface area contributed by atoms with Crippen molar-refractivity contribution in [3.05, 3.63) is 53.8 Å². The van der Waals surface area contributed by atoms with Crippen LogP contribution in [0.5, 0.6) is 5.75 Å². The highest BCUT2D eigenvalue weighted by Crippen LogP contribution is 2.28. The number of benzene rings is 2. The standard InChI is InChI=1S/C16H16FN3O3/c1-23-14-8-10(19-15(21)9-18)6-7-13(14)20-16(22)11-4-2-3-5-12(11)17/h2-8H,9,18H2,1H3,(H,19,21)(H,20,22). The zero-order valence-electron chi connectivity index (χ0n) is 12.4. The molecule has 0 unspecified atom stereocenters. The molecule has 2 aromatic rings. The van der Waals surface area contributed by atoms with Gasteiger partial charge in [0.05, 0.1) is 24.9 Å². The van der Waals surface area contributed by atoms with E-state index < -0.39 is 11.7 Å². The van der Waals surface area contributed by atoms with E-state index in [0.29, 0.717) is 17.1 Å². The Labute approximate surface area is 132 Å². The number of methoxy groups -OCH3 is 1. The Bertz CT molecular complexity index is 734. The molecule has 2 amide bonds. The molecule has 0 saturated carbocycles. The van der Waals surface area contributed by atoms with Gasteiger partial charge in [0.1, 0.15) is 11.6 Å². The summed E-state index contributed by atoms with van der Waals surface area (Å²) in [5.74, 6) is -1.24. The number of amides is 2. The predicted octanol–water partition coefficient (Wildman–Crippen LogP) is 1.98. The second-order valence-corrected chi connectivity index (χ2v) is 4.60. The van der Waals surface area contributed by atoms with Crippen molar-refractivity contribution in [3.63, 3.8) is 0 Å². The second-order valence-electron chi connectivity index (χ2n) is 4.60. The van der Waals surface area contributed by atoms with Crippen molar-refractivity contribution in [3.8, 4) is 5.75 Å². The van der Waals surface area contributed by atoms with E-state index in [-0.39, 0.29) is 18.0 Å². The lowest BCUT2D eigenvalue weighted by molar-refractivity contribution is -0.114. The molecular formula is C16H16FN3O3. The SMILES string of the molecule is COc1cc(NC(=O)CN)ccc1NC(=O)c1ccccc1F. The van der Waals surface area contributed by atoms with E-state index in [2.05, 4.69) is 10.6 Å². The van der Waals surface area contributed by atoms with Crippen LogP contribution in [0.4, 0.5) is 15.8 Å². The summed E-state index contributed by atoms with van der Waals surface area (Å²) in [6, 6.07) is 10.3. The van der Waals surface area contributed by atoms with E-state index in [0.717, 1.165) is 0 Å². The molecule has 2 rings (SSSR count). The van der Waals surface area contributed by atoms with Crippen LogP contribution in [0, 0.1) is 5.82 Å². The van der Waals surface area contributed by atoms with Crippen LogP contribution in [0.3, 0.4) is 0 Å². The number of carbonyl (C=O) groups is 2. The van der Waals surface area contributed by atoms with Crippen molar-refractivity contribution in [1.29, 1.82) is 0 Å². The van der Waals surface area contributed by atoms with Gasteiger partial charge in [0.2, 0.25) is 5.91 Å². The Morgan fingerprint density at radius 1 is 1.17 bits per heavy atom. The molecule has 0 heterocycles. The van der Waals surface area contributed by atoms with E-state index in [1.165, 1.54) is 31.4 Å². The summed E-state index contributed by atoms with van der Waals surface area (Å²) in [5, 5.41) is 5.14. The van der Waals surface area contributed by atoms with Gasteiger partial charge in [-0.2, -0.15) is 0 Å². The fraction of sp³-hybridized carbons (Fsp3) is 0.125. The molecule has 0 aliphatic rings. The Kier molecular flexibility index (Phi) is 5.27. The molecule has 0 spiro atoms. The first-order valence-corrected chi connectivity index (χ1v) is 6.79. The number of nitrogens with two attached hydrogens (primary N) is 1. The van der Waals surface area contributed by atoms with E-state index in [1.807, 2.05) is 0 Å². The van der Waals surface area contributed by atoms with E-state index in [1.54, 1.807) is 18.2 Å². The quantitative estimate of drug-likeness (QED) is 0.786. The highest BCUT2D eigenvalue weighted by Gasteiger charge is 2.14. The Balaban J connectivity index is 2.21. The normalized spacial score (nSPS) is 10.0. The molecule has 0 bridgehead atoms. The smallest absolute Gasteiger partial charge is 0.258 e. The molecule has 120 valence electrons. The third-order valence-corrected chi connectivity index (χ3v) is 3.04. The number of anilines is 2. The van der Waals surface area contributed by atoms with Crippen molar-refractivity contribution in [2.24, 2.45) is 5.73 Å². The molecule has 0 aromatic heterocycles. The van der Waals surface area contributed by atoms with Gasteiger partial charge in [-0.25, -0.2) is 4.39 Å². The third kappa shape index (κ3) is 4.04. The molecule has 0 aliphatic carbocycles. The van der Waals surface area contributed by atoms with Gasteiger partial charge in [-0.3, -0.25) is 9.59 Å². The van der Waals surface area contributed by atoms with Gasteiger partial charge < -0.3 is 21.1 Å². The van der Waals surface area contributed by atoms with Crippen LogP contribution >= 0.6 is 0 Å². The maximum atomic E-state index is 13.6. The summed E-state index contributed by atoms with van der Waals surface area (Å²) in [4.78, 5) is 23.4. The van der Waals surface area contributed by atoms with Crippen LogP contribution in [-0.2, 0) is 4.79 Å². The third-order valence-electron chi connectivity index (χ3n) is 3.04. The van der Waals surface area contributed by atoms with Crippen molar-refractivity contribution in [2.45, 2.75) is 0 Å². The van der Waals surface area contributed by atoms with Crippen molar-refractivity contribution in [1.82, 2.24) is 0 Å². The lowest BCUT2D eigenvalue weighted by Crippen LogP contribution is -2.21. The zero-order chi connectivity index (χ0) is 16.8. The highest BCUT2D eigenvalue weighted by atomic mass is 19.1. The minimum absolute atomic E-state index is 0.0740. The van der Waals surface area contributed by atoms with Gasteiger partial charge in [-0.05, 0) is 24.3 Å². The number of hydrogen-bond acceptors (Lipinski definition) is 4. The van der Waals surface area contributed by atoms with Crippen molar-refractivity contribution < 1.29 is 18.7 Å². The van der Waals surface area contributed by atoms with Crippen LogP contribution in [0.15, 0.2) is 42.5 Å². The monoisotopic (exact) mass is 317 g/mol. The number of halogens is 1. The minimum Gasteiger partial charge on any atom is -0.494 e. The zero-order valence-corrected chi connectivity index (χ0v) is 12.4. The summed E-state index contributed by atoms with van der Waals surface area (Å²) in [6.45, 7) is -0.145. The molecule has 23 heavy (non-hydrogen) atoms. The van der Waals surface area contributed by atoms with E-state index in [4.69, 9.17) is 10.5 Å². The van der Waals surface area contributed by atoms with E-state index in [9.17, 15) is 14.0 Å². The number of rotatable bonds is 5. The van der Waals surface area contributed by atoms with Crippen molar-refractivity contribution >= 4 is 23.2 Å². The molecule has 2 aromatic carbocycles. The highest BCUT2D eigenvalue weighted by molar-refractivity contribution is 6.05. The number of ether oxygens (including phenoxy) is 1. The maximum Gasteiger partial charge on any atom is 0.258 e. The Morgan fingerprint density at radius 3 is 2.57 bits per heavy atom. The van der Waals surface area contributed by atoms with Gasteiger partial charge in [0.25, 0.3) is 5.91 Å². The first-order valence-electron chi connectivity index (χ1n) is 6.79. The van der Waals surface area contributed by atoms with Gasteiger partial charge >= 0.3 is 0 Å². The molecule has 4 N–H and O–H groups in total. The molecule has 0 radical (unpaired) electrons. The number of hydrogen-bond donors (Lipinski definition) is 3. The van der Waals surface area contributed by atoms with Crippen molar-refractivity contribution in [2.75, 3.05) is 24.3 Å². The van der Waals surface area contributed by atoms with Crippen LogP contribution in [0.2, 0.25) is 0 Å². The molecule has 6 nitrogen and oxygen atoms in total. The summed E-state index contributed by atoms with van der Waals surface area (Å²) in [5.41, 5.74) is 5.98. The fourth-order valence-corrected chi connectivity index (χ4v) is 1.92. The van der Waals surface area contributed by atoms with Gasteiger partial charge in [0.15, 0.2) is 0 Å². The first-order chi connectivity index (χ1) is 11.0. The number of carbonyl (C=O) groups excluding carboxylic acids is 2. The second kappa shape index (κ2) is 7.37. The van der Waals surface area contributed by atoms with Crippen LogP contribution in [0.25, 0.3) is 0 Å².